The van der Waals surface area contributed by atoms with Gasteiger partial charge in [-0.2, -0.15) is 0 Å². The lowest BCUT2D eigenvalue weighted by atomic mass is 9.91. The van der Waals surface area contributed by atoms with Gasteiger partial charge in [0.15, 0.2) is 0 Å². The summed E-state index contributed by atoms with van der Waals surface area (Å²) in [6, 6.07) is 11.3. The average molecular weight is 270 g/mol. The summed E-state index contributed by atoms with van der Waals surface area (Å²) >= 11 is 0. The third-order valence-corrected chi connectivity index (χ3v) is 4.38. The van der Waals surface area contributed by atoms with Gasteiger partial charge in [0, 0.05) is 37.6 Å². The summed E-state index contributed by atoms with van der Waals surface area (Å²) in [6.07, 6.45) is 2.12. The Hall–Kier alpha value is -1.30. The first-order valence-electron chi connectivity index (χ1n) is 7.62. The van der Waals surface area contributed by atoms with E-state index >= 15 is 0 Å². The maximum Gasteiger partial charge on any atom is 0.0474 e. The van der Waals surface area contributed by atoms with Gasteiger partial charge in [0.1, 0.15) is 0 Å². The van der Waals surface area contributed by atoms with Crippen molar-refractivity contribution in [3.63, 3.8) is 0 Å². The molecule has 1 aliphatic heterocycles. The molecule has 0 saturated carbocycles. The van der Waals surface area contributed by atoms with Gasteiger partial charge in [0.25, 0.3) is 0 Å². The van der Waals surface area contributed by atoms with E-state index in [1.165, 1.54) is 5.56 Å². The summed E-state index contributed by atoms with van der Waals surface area (Å²) in [4.78, 5) is 2.60. The van der Waals surface area contributed by atoms with E-state index < -0.39 is 0 Å². The molecule has 2 rings (SSSR count). The largest absolute Gasteiger partial charge is 0.308 e. The predicted octanol–water partition coefficient (Wildman–Crippen LogP) is 3.22. The fourth-order valence-corrected chi connectivity index (χ4v) is 2.89. The highest BCUT2D eigenvalue weighted by Gasteiger charge is 2.34. The van der Waals surface area contributed by atoms with Crippen molar-refractivity contribution < 1.29 is 0 Å². The molecule has 2 heteroatoms. The molecule has 108 valence electrons. The van der Waals surface area contributed by atoms with Crippen LogP contribution in [0.3, 0.4) is 0 Å². The van der Waals surface area contributed by atoms with Crippen LogP contribution in [0.4, 0.5) is 0 Å². The Kier molecular flexibility index (Phi) is 5.23. The van der Waals surface area contributed by atoms with Crippen LogP contribution in [0.2, 0.25) is 0 Å². The Morgan fingerprint density at radius 3 is 2.75 bits per heavy atom. The normalized spacial score (nSPS) is 26.9. The maximum absolute atomic E-state index is 3.74. The molecule has 1 N–H and O–H groups in total. The van der Waals surface area contributed by atoms with E-state index in [9.17, 15) is 0 Å². The third-order valence-electron chi connectivity index (χ3n) is 4.38. The molecule has 1 aliphatic rings. The van der Waals surface area contributed by atoms with Gasteiger partial charge < -0.3 is 5.32 Å². The lowest BCUT2D eigenvalue weighted by molar-refractivity contribution is 0.0863. The van der Waals surface area contributed by atoms with Crippen LogP contribution in [0, 0.1) is 11.8 Å². The fourth-order valence-electron chi connectivity index (χ4n) is 2.89. The zero-order chi connectivity index (χ0) is 14.4. The molecule has 2 nitrogen and oxygen atoms in total. The van der Waals surface area contributed by atoms with Gasteiger partial charge in [-0.05, 0) is 25.8 Å². The van der Waals surface area contributed by atoms with E-state index in [1.54, 1.807) is 0 Å². The molecule has 1 heterocycles. The summed E-state index contributed by atoms with van der Waals surface area (Å²) in [5, 5.41) is 3.74. The van der Waals surface area contributed by atoms with Crippen molar-refractivity contribution >= 4 is 0 Å². The van der Waals surface area contributed by atoms with Gasteiger partial charge in [-0.1, -0.05) is 37.3 Å². The summed E-state index contributed by atoms with van der Waals surface area (Å²) in [6.45, 7) is 9.68. The second kappa shape index (κ2) is 6.92. The van der Waals surface area contributed by atoms with Crippen LogP contribution in [-0.2, 0) is 0 Å². The van der Waals surface area contributed by atoms with Crippen LogP contribution in [-0.4, -0.2) is 30.1 Å². The number of nitrogens with zero attached hydrogens (tertiary/aromatic N) is 1. The molecule has 0 amide bonds. The summed E-state index contributed by atoms with van der Waals surface area (Å²) < 4.78 is 0. The lowest BCUT2D eigenvalue weighted by Crippen LogP contribution is -2.59. The second-order valence-electron chi connectivity index (χ2n) is 5.87. The van der Waals surface area contributed by atoms with E-state index in [2.05, 4.69) is 66.2 Å². The Morgan fingerprint density at radius 2 is 2.10 bits per heavy atom. The standard InChI is InChI=1S/C18H26N2/c1-4-6-10-13-20-15-18(3,5-2)19-14-17(20)16-11-8-7-9-12-16/h7-9,11-12,17,19H,5,10,13-15H2,1-3H3. The lowest BCUT2D eigenvalue weighted by Gasteiger charge is -2.46. The van der Waals surface area contributed by atoms with Crippen molar-refractivity contribution in [3.8, 4) is 11.8 Å². The SMILES string of the molecule is CC#CCCN1CC(C)(CC)NCC1c1ccccc1. The van der Waals surface area contributed by atoms with Crippen LogP contribution < -0.4 is 5.32 Å². The van der Waals surface area contributed by atoms with E-state index in [1.807, 2.05) is 6.92 Å². The van der Waals surface area contributed by atoms with Crippen LogP contribution >= 0.6 is 0 Å². The first-order valence-corrected chi connectivity index (χ1v) is 7.62. The van der Waals surface area contributed by atoms with Crippen molar-refractivity contribution in [2.45, 2.75) is 45.2 Å². The van der Waals surface area contributed by atoms with Gasteiger partial charge in [0.2, 0.25) is 0 Å². The maximum atomic E-state index is 3.74. The average Bonchev–Trinajstić information content (AvgIpc) is 2.49. The fraction of sp³-hybridized carbons (Fsp3) is 0.556. The smallest absolute Gasteiger partial charge is 0.0474 e. The van der Waals surface area contributed by atoms with Crippen molar-refractivity contribution in [3.05, 3.63) is 35.9 Å². The van der Waals surface area contributed by atoms with Gasteiger partial charge in [-0.15, -0.1) is 11.8 Å². The van der Waals surface area contributed by atoms with Crippen molar-refractivity contribution in [1.82, 2.24) is 10.2 Å². The Labute approximate surface area is 123 Å². The van der Waals surface area contributed by atoms with Gasteiger partial charge in [-0.25, -0.2) is 0 Å². The van der Waals surface area contributed by atoms with Gasteiger partial charge in [0.05, 0.1) is 0 Å². The van der Waals surface area contributed by atoms with E-state index in [0.29, 0.717) is 6.04 Å². The Morgan fingerprint density at radius 1 is 1.35 bits per heavy atom. The van der Waals surface area contributed by atoms with Crippen LogP contribution in [0.1, 0.15) is 45.2 Å². The first-order chi connectivity index (χ1) is 9.68. The van der Waals surface area contributed by atoms with Crippen molar-refractivity contribution in [1.29, 1.82) is 0 Å². The van der Waals surface area contributed by atoms with Crippen molar-refractivity contribution in [2.24, 2.45) is 0 Å². The molecule has 1 saturated heterocycles. The monoisotopic (exact) mass is 270 g/mol. The molecule has 20 heavy (non-hydrogen) atoms. The molecule has 0 spiro atoms. The van der Waals surface area contributed by atoms with E-state index in [-0.39, 0.29) is 5.54 Å². The predicted molar refractivity (Wildman–Crippen MR) is 85.5 cm³/mol. The quantitative estimate of drug-likeness (QED) is 0.845. The highest BCUT2D eigenvalue weighted by atomic mass is 15.2. The molecule has 2 atom stereocenters. The molecule has 1 fully saturated rings. The molecule has 0 aromatic heterocycles. The number of benzene rings is 1. The summed E-state index contributed by atoms with van der Waals surface area (Å²) in [5.74, 6) is 6.21. The zero-order valence-corrected chi connectivity index (χ0v) is 12.9. The summed E-state index contributed by atoms with van der Waals surface area (Å²) in [7, 11) is 0. The number of hydrogen-bond donors (Lipinski definition) is 1. The Balaban J connectivity index is 2.14. The minimum atomic E-state index is 0.227. The molecule has 0 aliphatic carbocycles. The Bertz CT molecular complexity index is 471. The van der Waals surface area contributed by atoms with E-state index in [0.717, 1.165) is 32.5 Å². The minimum absolute atomic E-state index is 0.227. The highest BCUT2D eigenvalue weighted by molar-refractivity contribution is 5.21. The van der Waals surface area contributed by atoms with Crippen LogP contribution in [0.25, 0.3) is 0 Å². The number of piperazine rings is 1. The summed E-state index contributed by atoms with van der Waals surface area (Å²) in [5.41, 5.74) is 1.63. The molecular formula is C18H26N2. The second-order valence-corrected chi connectivity index (χ2v) is 5.87. The number of nitrogens with one attached hydrogen (secondary N) is 1. The van der Waals surface area contributed by atoms with Crippen LogP contribution in [0.5, 0.6) is 0 Å². The molecule has 1 aromatic rings. The molecule has 2 unspecified atom stereocenters. The van der Waals surface area contributed by atoms with E-state index in [4.69, 9.17) is 0 Å². The topological polar surface area (TPSA) is 15.3 Å². The molecule has 0 radical (unpaired) electrons. The van der Waals surface area contributed by atoms with Crippen molar-refractivity contribution in [2.75, 3.05) is 19.6 Å². The number of rotatable bonds is 4. The molecule has 0 bridgehead atoms. The molecular weight excluding hydrogens is 244 g/mol. The zero-order valence-electron chi connectivity index (χ0n) is 12.9. The number of hydrogen-bond acceptors (Lipinski definition) is 2. The van der Waals surface area contributed by atoms with Gasteiger partial charge in [-0.3, -0.25) is 4.90 Å². The van der Waals surface area contributed by atoms with Crippen LogP contribution in [0.15, 0.2) is 30.3 Å². The third kappa shape index (κ3) is 3.62. The molecule has 1 aromatic carbocycles. The van der Waals surface area contributed by atoms with Gasteiger partial charge >= 0.3 is 0 Å². The highest BCUT2D eigenvalue weighted by Crippen LogP contribution is 2.28. The first kappa shape index (κ1) is 15.1. The minimum Gasteiger partial charge on any atom is -0.308 e.